The predicted molar refractivity (Wildman–Crippen MR) is 86.6 cm³/mol. The van der Waals surface area contributed by atoms with Crippen molar-refractivity contribution in [3.8, 4) is 0 Å². The van der Waals surface area contributed by atoms with Crippen LogP contribution >= 0.6 is 0 Å². The highest BCUT2D eigenvalue weighted by Crippen LogP contribution is 2.24. The van der Waals surface area contributed by atoms with E-state index < -0.39 is 6.10 Å². The van der Waals surface area contributed by atoms with Gasteiger partial charge in [-0.3, -0.25) is 9.69 Å². The summed E-state index contributed by atoms with van der Waals surface area (Å²) in [6.45, 7) is 3.19. The molecule has 1 heterocycles. The molecule has 1 aromatic carbocycles. The minimum atomic E-state index is -0.590. The van der Waals surface area contributed by atoms with Gasteiger partial charge in [-0.1, -0.05) is 18.6 Å². The fraction of sp³-hybridized carbons (Fsp3) is 0.588. The molecule has 1 saturated heterocycles. The van der Waals surface area contributed by atoms with Crippen molar-refractivity contribution in [1.82, 2.24) is 4.90 Å². The molecular weight excluding hydrogens is 280 g/mol. The number of likely N-dealkylation sites (tertiary alicyclic amines) is 1. The molecule has 1 aliphatic rings. The molecule has 22 heavy (non-hydrogen) atoms. The number of piperidine rings is 1. The van der Waals surface area contributed by atoms with Gasteiger partial charge in [0.15, 0.2) is 0 Å². The Morgan fingerprint density at radius 3 is 3.00 bits per heavy atom. The Hall–Kier alpha value is -1.43. The number of β-amino-alcohol motifs (C(OH)–C–C–N with tert-alkyl or cyclic N) is 1. The Morgan fingerprint density at radius 2 is 2.27 bits per heavy atom. The van der Waals surface area contributed by atoms with Crippen LogP contribution in [0.1, 0.15) is 44.3 Å². The van der Waals surface area contributed by atoms with Crippen molar-refractivity contribution in [2.75, 3.05) is 25.0 Å². The van der Waals surface area contributed by atoms with Gasteiger partial charge in [-0.2, -0.15) is 0 Å². The summed E-state index contributed by atoms with van der Waals surface area (Å²) < 4.78 is 0. The van der Waals surface area contributed by atoms with Gasteiger partial charge in [0.2, 0.25) is 5.91 Å². The van der Waals surface area contributed by atoms with Crippen LogP contribution in [0.3, 0.4) is 0 Å². The van der Waals surface area contributed by atoms with E-state index in [4.69, 9.17) is 0 Å². The molecule has 2 rings (SSSR count). The molecule has 0 radical (unpaired) electrons. The maximum absolute atomic E-state index is 11.1. The molecule has 1 aliphatic heterocycles. The second kappa shape index (κ2) is 8.27. The van der Waals surface area contributed by atoms with Gasteiger partial charge in [0, 0.05) is 31.8 Å². The molecular formula is C17H26N2O3. The monoisotopic (exact) mass is 306 g/mol. The van der Waals surface area contributed by atoms with E-state index in [1.54, 1.807) is 0 Å². The van der Waals surface area contributed by atoms with Crippen LogP contribution in [0.25, 0.3) is 0 Å². The minimum Gasteiger partial charge on any atom is -0.396 e. The van der Waals surface area contributed by atoms with Gasteiger partial charge in [0.1, 0.15) is 0 Å². The van der Waals surface area contributed by atoms with Crippen LogP contribution in [-0.4, -0.2) is 46.8 Å². The molecule has 0 saturated carbocycles. The molecule has 1 fully saturated rings. The third-order valence-electron chi connectivity index (χ3n) is 4.21. The maximum Gasteiger partial charge on any atom is 0.221 e. The average Bonchev–Trinajstić information content (AvgIpc) is 2.49. The van der Waals surface area contributed by atoms with E-state index >= 15 is 0 Å². The van der Waals surface area contributed by atoms with Crippen LogP contribution in [0.4, 0.5) is 5.69 Å². The van der Waals surface area contributed by atoms with Gasteiger partial charge in [-0.15, -0.1) is 0 Å². The second-order valence-corrected chi connectivity index (χ2v) is 5.98. The molecule has 0 aromatic heterocycles. The summed E-state index contributed by atoms with van der Waals surface area (Å²) in [5, 5.41) is 22.4. The van der Waals surface area contributed by atoms with Gasteiger partial charge in [0.25, 0.3) is 0 Å². The first-order valence-electron chi connectivity index (χ1n) is 8.00. The molecule has 0 spiro atoms. The lowest BCUT2D eigenvalue weighted by Crippen LogP contribution is -2.42. The third-order valence-corrected chi connectivity index (χ3v) is 4.21. The van der Waals surface area contributed by atoms with E-state index in [2.05, 4.69) is 10.2 Å². The summed E-state index contributed by atoms with van der Waals surface area (Å²) in [5.74, 6) is -0.120. The van der Waals surface area contributed by atoms with Gasteiger partial charge >= 0.3 is 0 Å². The van der Waals surface area contributed by atoms with Crippen LogP contribution in [0, 0.1) is 0 Å². The quantitative estimate of drug-likeness (QED) is 0.751. The summed E-state index contributed by atoms with van der Waals surface area (Å²) in [6, 6.07) is 7.70. The van der Waals surface area contributed by atoms with E-state index in [1.807, 2.05) is 24.3 Å². The summed E-state index contributed by atoms with van der Waals surface area (Å²) in [7, 11) is 0. The van der Waals surface area contributed by atoms with E-state index in [-0.39, 0.29) is 12.5 Å². The number of hydrogen-bond acceptors (Lipinski definition) is 4. The fourth-order valence-electron chi connectivity index (χ4n) is 3.13. The highest BCUT2D eigenvalue weighted by atomic mass is 16.3. The van der Waals surface area contributed by atoms with E-state index in [9.17, 15) is 15.0 Å². The number of benzene rings is 1. The first kappa shape index (κ1) is 16.9. The van der Waals surface area contributed by atoms with Crippen molar-refractivity contribution in [2.24, 2.45) is 0 Å². The zero-order valence-corrected chi connectivity index (χ0v) is 13.2. The molecule has 0 bridgehead atoms. The number of hydrogen-bond donors (Lipinski definition) is 3. The van der Waals surface area contributed by atoms with Gasteiger partial charge < -0.3 is 15.5 Å². The van der Waals surface area contributed by atoms with Crippen molar-refractivity contribution in [1.29, 1.82) is 0 Å². The standard InChI is InChI=1S/C17H26N2O3/c1-13(21)18-15-6-4-5-14(11-15)17(22)12-19-9-3-2-7-16(19)8-10-20/h4-6,11,16-17,20,22H,2-3,7-10,12H2,1H3,(H,18,21). The molecule has 3 N–H and O–H groups in total. The lowest BCUT2D eigenvalue weighted by atomic mass is 9.98. The topological polar surface area (TPSA) is 72.8 Å². The molecule has 1 amide bonds. The van der Waals surface area contributed by atoms with Crippen molar-refractivity contribution in [2.45, 2.75) is 44.8 Å². The zero-order chi connectivity index (χ0) is 15.9. The Kier molecular flexibility index (Phi) is 6.36. The van der Waals surface area contributed by atoms with E-state index in [0.29, 0.717) is 18.3 Å². The Labute approximate surface area is 131 Å². The minimum absolute atomic E-state index is 0.120. The summed E-state index contributed by atoms with van der Waals surface area (Å²) in [5.41, 5.74) is 1.51. The van der Waals surface area contributed by atoms with Gasteiger partial charge in [0.05, 0.1) is 6.10 Å². The zero-order valence-electron chi connectivity index (χ0n) is 13.2. The summed E-state index contributed by atoms with van der Waals surface area (Å²) in [6.07, 6.45) is 3.58. The van der Waals surface area contributed by atoms with Crippen LogP contribution in [0.15, 0.2) is 24.3 Å². The largest absolute Gasteiger partial charge is 0.396 e. The number of carbonyl (C=O) groups is 1. The highest BCUT2D eigenvalue weighted by molar-refractivity contribution is 5.88. The number of nitrogens with one attached hydrogen (secondary N) is 1. The number of anilines is 1. The molecule has 1 aromatic rings. The van der Waals surface area contributed by atoms with E-state index in [1.165, 1.54) is 13.3 Å². The van der Waals surface area contributed by atoms with Crippen LogP contribution in [0.2, 0.25) is 0 Å². The lowest BCUT2D eigenvalue weighted by Gasteiger charge is -2.36. The number of carbonyl (C=O) groups excluding carboxylic acids is 1. The van der Waals surface area contributed by atoms with Crippen LogP contribution in [0.5, 0.6) is 0 Å². The Bertz CT molecular complexity index is 491. The first-order chi connectivity index (χ1) is 10.6. The van der Waals surface area contributed by atoms with Gasteiger partial charge in [-0.25, -0.2) is 0 Å². The highest BCUT2D eigenvalue weighted by Gasteiger charge is 2.24. The second-order valence-electron chi connectivity index (χ2n) is 5.98. The fourth-order valence-corrected chi connectivity index (χ4v) is 3.13. The Morgan fingerprint density at radius 1 is 1.45 bits per heavy atom. The number of rotatable bonds is 6. The third kappa shape index (κ3) is 4.80. The number of aliphatic hydroxyl groups excluding tert-OH is 2. The summed E-state index contributed by atoms with van der Waals surface area (Å²) >= 11 is 0. The average molecular weight is 306 g/mol. The van der Waals surface area contributed by atoms with Crippen molar-refractivity contribution in [3.05, 3.63) is 29.8 Å². The lowest BCUT2D eigenvalue weighted by molar-refractivity contribution is -0.114. The van der Waals surface area contributed by atoms with Crippen LogP contribution < -0.4 is 5.32 Å². The number of amides is 1. The predicted octanol–water partition coefficient (Wildman–Crippen LogP) is 1.92. The molecule has 122 valence electrons. The maximum atomic E-state index is 11.1. The van der Waals surface area contributed by atoms with Gasteiger partial charge in [-0.05, 0) is 43.5 Å². The Balaban J connectivity index is 2.01. The SMILES string of the molecule is CC(=O)Nc1cccc(C(O)CN2CCCCC2CCO)c1. The molecule has 0 aliphatic carbocycles. The number of aliphatic hydroxyl groups is 2. The van der Waals surface area contributed by atoms with Crippen molar-refractivity contribution >= 4 is 11.6 Å². The van der Waals surface area contributed by atoms with Crippen molar-refractivity contribution in [3.63, 3.8) is 0 Å². The normalized spacial score (nSPS) is 20.6. The van der Waals surface area contributed by atoms with Crippen LogP contribution in [-0.2, 0) is 4.79 Å². The molecule has 2 atom stereocenters. The number of nitrogens with zero attached hydrogens (tertiary/aromatic N) is 1. The van der Waals surface area contributed by atoms with Crippen molar-refractivity contribution < 1.29 is 15.0 Å². The molecule has 2 unspecified atom stereocenters. The first-order valence-corrected chi connectivity index (χ1v) is 8.00. The van der Waals surface area contributed by atoms with E-state index in [0.717, 1.165) is 31.4 Å². The summed E-state index contributed by atoms with van der Waals surface area (Å²) in [4.78, 5) is 13.4. The molecule has 5 nitrogen and oxygen atoms in total. The molecule has 5 heteroatoms. The smallest absolute Gasteiger partial charge is 0.221 e.